The lowest BCUT2D eigenvalue weighted by atomic mass is 10.0. The third-order valence-corrected chi connectivity index (χ3v) is 5.54. The van der Waals surface area contributed by atoms with Crippen molar-refractivity contribution < 1.29 is 23.1 Å². The van der Waals surface area contributed by atoms with Gasteiger partial charge < -0.3 is 9.84 Å². The van der Waals surface area contributed by atoms with Gasteiger partial charge in [-0.2, -0.15) is 4.72 Å². The molecule has 0 aliphatic rings. The highest BCUT2D eigenvalue weighted by atomic mass is 32.2. The molecular weight excluding hydrogens is 306 g/mol. The molecule has 0 aliphatic heterocycles. The van der Waals surface area contributed by atoms with Gasteiger partial charge in [0, 0.05) is 0 Å². The maximum absolute atomic E-state index is 12.5. The van der Waals surface area contributed by atoms with E-state index in [0.717, 1.165) is 0 Å². The minimum Gasteiger partial charge on any atom is -0.496 e. The number of benzene rings is 1. The number of carbonyl (C=O) groups is 1. The van der Waals surface area contributed by atoms with Crippen molar-refractivity contribution in [2.45, 2.75) is 45.1 Å². The first-order chi connectivity index (χ1) is 10.2. The molecule has 2 atom stereocenters. The summed E-state index contributed by atoms with van der Waals surface area (Å²) in [4.78, 5) is 11.4. The SMILES string of the molecule is CC[C@H](C)[C@H](NS(=O)(=O)c1ccc(OC)c(C)c1C)C(=O)O. The fourth-order valence-electron chi connectivity index (χ4n) is 2.16. The van der Waals surface area contributed by atoms with Crippen LogP contribution in [0.15, 0.2) is 17.0 Å². The molecule has 1 aromatic carbocycles. The smallest absolute Gasteiger partial charge is 0.322 e. The summed E-state index contributed by atoms with van der Waals surface area (Å²) >= 11 is 0. The Morgan fingerprint density at radius 2 is 1.91 bits per heavy atom. The van der Waals surface area contributed by atoms with Crippen molar-refractivity contribution in [3.63, 3.8) is 0 Å². The van der Waals surface area contributed by atoms with Crippen molar-refractivity contribution >= 4 is 16.0 Å². The summed E-state index contributed by atoms with van der Waals surface area (Å²) in [5.41, 5.74) is 1.25. The first-order valence-electron chi connectivity index (χ1n) is 7.05. The van der Waals surface area contributed by atoms with Gasteiger partial charge in [-0.25, -0.2) is 8.42 Å². The number of sulfonamides is 1. The van der Waals surface area contributed by atoms with Crippen LogP contribution in [0.3, 0.4) is 0 Å². The zero-order valence-corrected chi connectivity index (χ0v) is 14.3. The van der Waals surface area contributed by atoms with Crippen LogP contribution in [-0.2, 0) is 14.8 Å². The van der Waals surface area contributed by atoms with Crippen LogP contribution < -0.4 is 9.46 Å². The summed E-state index contributed by atoms with van der Waals surface area (Å²) in [5.74, 6) is -0.902. The van der Waals surface area contributed by atoms with Crippen LogP contribution >= 0.6 is 0 Å². The molecule has 22 heavy (non-hydrogen) atoms. The summed E-state index contributed by atoms with van der Waals surface area (Å²) in [7, 11) is -2.41. The van der Waals surface area contributed by atoms with Gasteiger partial charge in [0.15, 0.2) is 0 Å². The minimum atomic E-state index is -3.92. The average Bonchev–Trinajstić information content (AvgIpc) is 2.46. The first-order valence-corrected chi connectivity index (χ1v) is 8.53. The van der Waals surface area contributed by atoms with Crippen LogP contribution in [0.5, 0.6) is 5.75 Å². The standard InChI is InChI=1S/C15H23NO5S/c1-6-9(2)14(15(17)18)16-22(19,20)13-8-7-12(21-5)10(3)11(13)4/h7-9,14,16H,6H2,1-5H3,(H,17,18)/t9-,14-/m0/s1. The minimum absolute atomic E-state index is 0.0698. The van der Waals surface area contributed by atoms with Gasteiger partial charge in [-0.1, -0.05) is 20.3 Å². The molecule has 2 N–H and O–H groups in total. The van der Waals surface area contributed by atoms with Crippen LogP contribution in [0.25, 0.3) is 0 Å². The van der Waals surface area contributed by atoms with Crippen LogP contribution in [-0.4, -0.2) is 32.6 Å². The Kier molecular flexibility index (Phi) is 5.96. The molecule has 1 aromatic rings. The fraction of sp³-hybridized carbons (Fsp3) is 0.533. The van der Waals surface area contributed by atoms with Crippen molar-refractivity contribution in [3.8, 4) is 5.75 Å². The number of hydrogen-bond acceptors (Lipinski definition) is 4. The van der Waals surface area contributed by atoms with E-state index in [-0.39, 0.29) is 10.8 Å². The van der Waals surface area contributed by atoms with Gasteiger partial charge in [0.1, 0.15) is 11.8 Å². The monoisotopic (exact) mass is 329 g/mol. The first kappa shape index (κ1) is 18.4. The van der Waals surface area contributed by atoms with E-state index in [1.807, 2.05) is 6.92 Å². The molecule has 0 heterocycles. The summed E-state index contributed by atoms with van der Waals surface area (Å²) < 4.78 is 32.5. The van der Waals surface area contributed by atoms with Gasteiger partial charge in [-0.05, 0) is 43.0 Å². The molecule has 0 aliphatic carbocycles. The maximum atomic E-state index is 12.5. The second-order valence-electron chi connectivity index (χ2n) is 5.34. The largest absolute Gasteiger partial charge is 0.496 e. The third-order valence-electron chi connectivity index (χ3n) is 3.96. The zero-order chi connectivity index (χ0) is 17.1. The Bertz CT molecular complexity index is 654. The third kappa shape index (κ3) is 3.78. The van der Waals surface area contributed by atoms with Crippen LogP contribution in [0.2, 0.25) is 0 Å². The van der Waals surface area contributed by atoms with Crippen LogP contribution in [0.1, 0.15) is 31.4 Å². The van der Waals surface area contributed by atoms with E-state index >= 15 is 0 Å². The molecule has 0 bridgehead atoms. The van der Waals surface area contributed by atoms with Crippen LogP contribution in [0.4, 0.5) is 0 Å². The predicted octanol–water partition coefficient (Wildman–Crippen LogP) is 2.09. The van der Waals surface area contributed by atoms with E-state index in [9.17, 15) is 18.3 Å². The van der Waals surface area contributed by atoms with Gasteiger partial charge in [0.2, 0.25) is 10.0 Å². The lowest BCUT2D eigenvalue weighted by Crippen LogP contribution is -2.45. The molecule has 0 radical (unpaired) electrons. The Labute approximate surface area is 131 Å². The van der Waals surface area contributed by atoms with Crippen molar-refractivity contribution in [1.29, 1.82) is 0 Å². The molecule has 0 unspecified atom stereocenters. The van der Waals surface area contributed by atoms with Crippen molar-refractivity contribution in [3.05, 3.63) is 23.3 Å². The van der Waals surface area contributed by atoms with Crippen LogP contribution in [0, 0.1) is 19.8 Å². The van der Waals surface area contributed by atoms with Gasteiger partial charge in [0.25, 0.3) is 0 Å². The molecule has 6 nitrogen and oxygen atoms in total. The van der Waals surface area contributed by atoms with E-state index in [0.29, 0.717) is 23.3 Å². The number of carboxylic acid groups (broad SMARTS) is 1. The predicted molar refractivity (Wildman–Crippen MR) is 83.7 cm³/mol. The second-order valence-corrected chi connectivity index (χ2v) is 7.02. The summed E-state index contributed by atoms with van der Waals surface area (Å²) in [5, 5.41) is 9.24. The van der Waals surface area contributed by atoms with Gasteiger partial charge in [-0.15, -0.1) is 0 Å². The molecule has 0 spiro atoms. The molecule has 0 saturated carbocycles. The number of rotatable bonds is 7. The lowest BCUT2D eigenvalue weighted by molar-refractivity contribution is -0.140. The fourth-order valence-corrected chi connectivity index (χ4v) is 3.76. The lowest BCUT2D eigenvalue weighted by Gasteiger charge is -2.21. The van der Waals surface area contributed by atoms with Gasteiger partial charge in [0.05, 0.1) is 12.0 Å². The molecule has 7 heteroatoms. The number of hydrogen-bond donors (Lipinski definition) is 2. The van der Waals surface area contributed by atoms with E-state index in [1.165, 1.54) is 13.2 Å². The van der Waals surface area contributed by atoms with Crippen molar-refractivity contribution in [1.82, 2.24) is 4.72 Å². The quantitative estimate of drug-likeness (QED) is 0.799. The summed E-state index contributed by atoms with van der Waals surface area (Å²) in [6, 6.07) is 1.84. The summed E-state index contributed by atoms with van der Waals surface area (Å²) in [6.45, 7) is 6.95. The number of carboxylic acids is 1. The Hall–Kier alpha value is -1.60. The molecular formula is C15H23NO5S. The van der Waals surface area contributed by atoms with Gasteiger partial charge >= 0.3 is 5.97 Å². The van der Waals surface area contributed by atoms with E-state index in [4.69, 9.17) is 4.74 Å². The average molecular weight is 329 g/mol. The van der Waals surface area contributed by atoms with Crippen molar-refractivity contribution in [2.24, 2.45) is 5.92 Å². The van der Waals surface area contributed by atoms with E-state index in [1.54, 1.807) is 26.8 Å². The highest BCUT2D eigenvalue weighted by molar-refractivity contribution is 7.89. The second kappa shape index (κ2) is 7.11. The number of nitrogens with one attached hydrogen (secondary N) is 1. The Morgan fingerprint density at radius 3 is 2.36 bits per heavy atom. The van der Waals surface area contributed by atoms with E-state index < -0.39 is 22.0 Å². The molecule has 0 aromatic heterocycles. The molecule has 0 saturated heterocycles. The number of aliphatic carboxylic acids is 1. The summed E-state index contributed by atoms with van der Waals surface area (Å²) in [6.07, 6.45) is 0.556. The number of ether oxygens (including phenoxy) is 1. The topological polar surface area (TPSA) is 92.7 Å². The normalized spacial score (nSPS) is 14.4. The molecule has 0 amide bonds. The van der Waals surface area contributed by atoms with Gasteiger partial charge in [-0.3, -0.25) is 4.79 Å². The highest BCUT2D eigenvalue weighted by Gasteiger charge is 2.30. The zero-order valence-electron chi connectivity index (χ0n) is 13.5. The van der Waals surface area contributed by atoms with Crippen molar-refractivity contribution in [2.75, 3.05) is 7.11 Å². The Morgan fingerprint density at radius 1 is 1.32 bits per heavy atom. The highest BCUT2D eigenvalue weighted by Crippen LogP contribution is 2.27. The molecule has 0 fully saturated rings. The molecule has 1 rings (SSSR count). The Balaban J connectivity index is 3.25. The molecule has 124 valence electrons. The number of methoxy groups -OCH3 is 1. The maximum Gasteiger partial charge on any atom is 0.322 e. The van der Waals surface area contributed by atoms with E-state index in [2.05, 4.69) is 4.72 Å².